The van der Waals surface area contributed by atoms with Gasteiger partial charge in [-0.15, -0.1) is 0 Å². The second-order valence-electron chi connectivity index (χ2n) is 10.2. The summed E-state index contributed by atoms with van der Waals surface area (Å²) in [5.74, 6) is 6.69. The average molecular weight is 785 g/mol. The molecule has 0 aliphatic rings. The van der Waals surface area contributed by atoms with Crippen molar-refractivity contribution in [3.8, 4) is 24.0 Å². The molecule has 3 N–H and O–H groups in total. The van der Waals surface area contributed by atoms with Gasteiger partial charge in [0.05, 0.1) is 32.4 Å². The van der Waals surface area contributed by atoms with E-state index in [9.17, 15) is 4.79 Å². The Labute approximate surface area is 298 Å². The molecule has 0 unspecified atom stereocenters. The Morgan fingerprint density at radius 3 is 1.91 bits per heavy atom. The molecule has 4 rings (SSSR count). The van der Waals surface area contributed by atoms with Crippen LogP contribution in [0.4, 0.5) is 28.1 Å². The van der Waals surface area contributed by atoms with E-state index in [1.54, 1.807) is 60.9 Å². The van der Waals surface area contributed by atoms with Crippen LogP contribution in [0.15, 0.2) is 60.9 Å². The number of benzene rings is 2. The topological polar surface area (TPSA) is 162 Å². The van der Waals surface area contributed by atoms with Crippen LogP contribution in [0.3, 0.4) is 0 Å². The molecule has 2 aromatic heterocycles. The lowest BCUT2D eigenvalue weighted by Gasteiger charge is -2.19. The summed E-state index contributed by atoms with van der Waals surface area (Å²) >= 11 is 14.1. The molecule has 1 amide bonds. The molecular weight excluding hydrogens is 740 g/mol. The quantitative estimate of drug-likeness (QED) is 0.0718. The Bertz CT molecular complexity index is 1810. The summed E-state index contributed by atoms with van der Waals surface area (Å²) < 4.78 is 26.0. The third kappa shape index (κ3) is 12.7. The van der Waals surface area contributed by atoms with Crippen molar-refractivity contribution in [1.29, 1.82) is 10.5 Å². The number of alkyl carbamates (subject to hydrolysis) is 1. The standard InChI is InChI=1S/C21H22ClN5O2.C11H6ClIN4.3H2/c1-21(2,3)29-20(28)24-12-6-4-5-7-16-14-25-19(27-18(16)22)26-17-10-8-15(13-23)9-11-17;12-10-9(13)6-15-11(17-10)16-8-3-1-7(5-14)2-4-8;;;/h8-11,14H,4,6,12H2,1-3H3,(H,24,28)(H,25,26,27);1-4,6H,(H,15,16,17);3*1H/i;;2*1+2T;1+2. The molecule has 46 heavy (non-hydrogen) atoms. The van der Waals surface area contributed by atoms with Crippen molar-refractivity contribution in [2.45, 2.75) is 39.2 Å². The molecule has 0 radical (unpaired) electrons. The monoisotopic (exact) mass is 783 g/mol. The summed E-state index contributed by atoms with van der Waals surface area (Å²) in [5.41, 5.74) is 2.75. The Hall–Kier alpha value is -4.68. The summed E-state index contributed by atoms with van der Waals surface area (Å²) in [5, 5.41) is 26.9. The second-order valence-corrected chi connectivity index (χ2v) is 12.1. The smallest absolute Gasteiger partial charge is 0.407 e. The van der Waals surface area contributed by atoms with E-state index in [-0.39, 0.29) is 6.58 Å². The first-order valence-corrected chi connectivity index (χ1v) is 15.5. The summed E-state index contributed by atoms with van der Waals surface area (Å²) in [6.07, 6.45) is 4.02. The van der Waals surface area contributed by atoms with E-state index >= 15 is 0 Å². The Kier molecular flexibility index (Phi) is 12.6. The van der Waals surface area contributed by atoms with Crippen LogP contribution in [0.1, 0.15) is 57.7 Å². The minimum atomic E-state index is -0.512. The number of nitriles is 2. The molecule has 2 aromatic carbocycles. The van der Waals surface area contributed by atoms with Crippen LogP contribution in [-0.4, -0.2) is 38.2 Å². The molecular formula is C32H34Cl2IN9O2. The molecule has 0 fully saturated rings. The highest BCUT2D eigenvalue weighted by Gasteiger charge is 2.15. The van der Waals surface area contributed by atoms with Gasteiger partial charge in [-0.3, -0.25) is 0 Å². The third-order valence-electron chi connectivity index (χ3n) is 5.35. The van der Waals surface area contributed by atoms with Crippen LogP contribution in [0, 0.1) is 38.1 Å². The van der Waals surface area contributed by atoms with Crippen molar-refractivity contribution in [2.75, 3.05) is 17.2 Å². The first-order chi connectivity index (χ1) is 24.0. The number of ether oxygens (including phenoxy) is 1. The lowest BCUT2D eigenvalue weighted by atomic mass is 10.2. The fourth-order valence-corrected chi connectivity index (χ4v) is 3.83. The van der Waals surface area contributed by atoms with Crippen LogP contribution in [0.5, 0.6) is 0 Å². The predicted molar refractivity (Wildman–Crippen MR) is 192 cm³/mol. The van der Waals surface area contributed by atoms with Gasteiger partial charge in [0.25, 0.3) is 0 Å². The van der Waals surface area contributed by atoms with Crippen molar-refractivity contribution in [2.24, 2.45) is 0 Å². The molecule has 240 valence electrons. The number of hydrogen-bond donors (Lipinski definition) is 3. The Morgan fingerprint density at radius 1 is 0.913 bits per heavy atom. The van der Waals surface area contributed by atoms with Crippen molar-refractivity contribution >= 4 is 75.2 Å². The number of hydrogen-bond acceptors (Lipinski definition) is 10. The first-order valence-electron chi connectivity index (χ1n) is 15.7. The second kappa shape index (κ2) is 17.7. The van der Waals surface area contributed by atoms with E-state index in [2.05, 4.69) is 82.5 Å². The van der Waals surface area contributed by atoms with Crippen molar-refractivity contribution in [3.63, 3.8) is 0 Å². The molecule has 14 heteroatoms. The third-order valence-corrected chi connectivity index (χ3v) is 7.04. The fraction of sp³-hybridized carbons (Fsp3) is 0.219. The predicted octanol–water partition coefficient (Wildman–Crippen LogP) is 8.49. The van der Waals surface area contributed by atoms with Gasteiger partial charge in [-0.25, -0.2) is 14.8 Å². The van der Waals surface area contributed by atoms with Gasteiger partial charge >= 0.3 is 6.09 Å². The van der Waals surface area contributed by atoms with Gasteiger partial charge in [0.2, 0.25) is 11.9 Å². The summed E-state index contributed by atoms with van der Waals surface area (Å²) in [4.78, 5) is 28.1. The largest absolute Gasteiger partial charge is 0.444 e. The number of anilines is 4. The van der Waals surface area contributed by atoms with Crippen LogP contribution >= 0.6 is 45.8 Å². The number of nitrogens with zero attached hydrogens (tertiary/aromatic N) is 6. The maximum atomic E-state index is 11.5. The summed E-state index contributed by atoms with van der Waals surface area (Å²) in [7, 11) is 0. The van der Waals surface area contributed by atoms with E-state index in [1.165, 1.54) is 0 Å². The van der Waals surface area contributed by atoms with E-state index in [0.29, 0.717) is 53.1 Å². The lowest BCUT2D eigenvalue weighted by Crippen LogP contribution is -2.32. The van der Waals surface area contributed by atoms with Gasteiger partial charge in [-0.1, -0.05) is 35.0 Å². The fourth-order valence-electron chi connectivity index (χ4n) is 3.27. The summed E-state index contributed by atoms with van der Waals surface area (Å²) in [6, 6.07) is 18.0. The minimum Gasteiger partial charge on any atom is -0.444 e. The number of halogens is 3. The molecule has 4 aromatic rings. The molecule has 0 atom stereocenters. The van der Waals surface area contributed by atoms with Gasteiger partial charge < -0.3 is 20.7 Å². The van der Waals surface area contributed by atoms with Gasteiger partial charge in [-0.05, 0) is 98.3 Å². The van der Waals surface area contributed by atoms with E-state index in [1.807, 2.05) is 20.8 Å². The highest BCUT2D eigenvalue weighted by atomic mass is 127. The lowest BCUT2D eigenvalue weighted by molar-refractivity contribution is 0.0527. The number of carbonyl (C=O) groups excluding carboxylic acids is 1. The van der Waals surface area contributed by atoms with Crippen LogP contribution in [-0.2, 0) is 4.74 Å². The highest BCUT2D eigenvalue weighted by molar-refractivity contribution is 14.1. The Morgan fingerprint density at radius 2 is 1.43 bits per heavy atom. The minimum absolute atomic E-state index is 0. The molecule has 2 heterocycles. The average Bonchev–Trinajstić information content (AvgIpc) is 3.11. The number of nitrogens with one attached hydrogen (secondary N) is 3. The molecule has 0 saturated carbocycles. The molecule has 0 spiro atoms. The van der Waals surface area contributed by atoms with Crippen molar-refractivity contribution in [3.05, 3.63) is 91.5 Å². The first kappa shape index (κ1) is 32.7. The number of carbonyl (C=O) groups is 1. The zero-order chi connectivity index (χ0) is 37.5. The number of unbranched alkanes of at least 4 members (excludes halogenated alkanes) is 1. The molecule has 0 aliphatic carbocycles. The summed E-state index contributed by atoms with van der Waals surface area (Å²) in [6.45, 7) is 5.92. The van der Waals surface area contributed by atoms with E-state index in [0.717, 1.165) is 14.9 Å². The molecule has 11 nitrogen and oxygen atoms in total. The highest BCUT2D eigenvalue weighted by Crippen LogP contribution is 2.20. The maximum Gasteiger partial charge on any atom is 0.407 e. The van der Waals surface area contributed by atoms with E-state index < -0.39 is 11.7 Å². The molecule has 0 saturated heterocycles. The molecule has 0 bridgehead atoms. The van der Waals surface area contributed by atoms with Crippen LogP contribution in [0.2, 0.25) is 10.3 Å². The SMILES string of the molecule is CC(C)(C)OC(=O)NCCCC#Cc1cnc(Nc2ccc(C#N)cc2)nc1Cl.N#Cc1ccc(Nc2ncc(I)c(Cl)n2)cc1.[3HH].[3H][3H].[3H][3H]. The number of amides is 1. The normalized spacial score (nSPS) is 10.4. The number of rotatable bonds is 7. The van der Waals surface area contributed by atoms with Crippen LogP contribution in [0.25, 0.3) is 0 Å². The van der Waals surface area contributed by atoms with Crippen molar-refractivity contribution in [1.82, 2.24) is 25.3 Å². The van der Waals surface area contributed by atoms with Gasteiger partial charge in [0.1, 0.15) is 15.9 Å². The Balaban J connectivity index is 0.000000967. The van der Waals surface area contributed by atoms with E-state index in [4.69, 9.17) is 44.4 Å². The molecule has 0 aliphatic heterocycles. The zero-order valence-electron chi connectivity index (χ0n) is 29.0. The van der Waals surface area contributed by atoms with Gasteiger partial charge in [0.15, 0.2) is 0 Å². The van der Waals surface area contributed by atoms with Crippen molar-refractivity contribution < 1.29 is 16.9 Å². The van der Waals surface area contributed by atoms with Gasteiger partial charge in [0, 0.05) is 44.1 Å². The maximum absolute atomic E-state index is 11.5. The van der Waals surface area contributed by atoms with Gasteiger partial charge in [-0.2, -0.15) is 20.5 Å². The zero-order valence-corrected chi connectivity index (χ0v) is 28.7. The van der Waals surface area contributed by atoms with Crippen LogP contribution < -0.4 is 16.0 Å². The number of aromatic nitrogens is 4.